The number of hydrogen-bond donors (Lipinski definition) is 2. The van der Waals surface area contributed by atoms with Crippen LogP contribution in [0.25, 0.3) is 11.3 Å². The van der Waals surface area contributed by atoms with Gasteiger partial charge in [-0.2, -0.15) is 18.3 Å². The molecule has 0 radical (unpaired) electrons. The van der Waals surface area contributed by atoms with Crippen LogP contribution in [0, 0.1) is 13.8 Å². The first-order valence-corrected chi connectivity index (χ1v) is 7.13. The molecule has 0 amide bonds. The molecule has 2 heterocycles. The van der Waals surface area contributed by atoms with Crippen molar-refractivity contribution in [2.24, 2.45) is 0 Å². The van der Waals surface area contributed by atoms with Crippen molar-refractivity contribution < 1.29 is 13.2 Å². The summed E-state index contributed by atoms with van der Waals surface area (Å²) in [5, 5.41) is 9.95. The summed E-state index contributed by atoms with van der Waals surface area (Å²) in [4.78, 5) is 8.58. The Morgan fingerprint density at radius 1 is 1.04 bits per heavy atom. The van der Waals surface area contributed by atoms with Crippen molar-refractivity contribution >= 4 is 11.5 Å². The van der Waals surface area contributed by atoms with Crippen molar-refractivity contribution in [2.45, 2.75) is 20.0 Å². The topological polar surface area (TPSA) is 66.5 Å². The van der Waals surface area contributed by atoms with Crippen molar-refractivity contribution in [1.82, 2.24) is 20.2 Å². The number of H-pyrrole nitrogens is 1. The fourth-order valence-electron chi connectivity index (χ4n) is 2.37. The Kier molecular flexibility index (Phi) is 3.96. The van der Waals surface area contributed by atoms with E-state index in [0.29, 0.717) is 17.2 Å². The molecular formula is C16H14F3N5. The van der Waals surface area contributed by atoms with Gasteiger partial charge in [-0.1, -0.05) is 0 Å². The lowest BCUT2D eigenvalue weighted by molar-refractivity contribution is -0.137. The van der Waals surface area contributed by atoms with Crippen molar-refractivity contribution in [1.29, 1.82) is 0 Å². The van der Waals surface area contributed by atoms with Crippen molar-refractivity contribution in [3.05, 3.63) is 53.6 Å². The molecule has 0 atom stereocenters. The maximum absolute atomic E-state index is 12.6. The van der Waals surface area contributed by atoms with Crippen LogP contribution in [0.15, 0.2) is 36.7 Å². The Hall–Kier alpha value is -2.90. The Morgan fingerprint density at radius 2 is 1.75 bits per heavy atom. The largest absolute Gasteiger partial charge is 0.416 e. The Morgan fingerprint density at radius 3 is 2.33 bits per heavy atom. The molecule has 2 aromatic heterocycles. The zero-order chi connectivity index (χ0) is 17.3. The lowest BCUT2D eigenvalue weighted by Gasteiger charge is -2.09. The predicted molar refractivity (Wildman–Crippen MR) is 83.8 cm³/mol. The normalized spacial score (nSPS) is 11.5. The average Bonchev–Trinajstić information content (AvgIpc) is 2.86. The van der Waals surface area contributed by atoms with E-state index in [-0.39, 0.29) is 0 Å². The summed E-state index contributed by atoms with van der Waals surface area (Å²) in [5.74, 6) is 0.437. The molecule has 5 nitrogen and oxygen atoms in total. The van der Waals surface area contributed by atoms with Crippen LogP contribution in [-0.4, -0.2) is 20.2 Å². The van der Waals surface area contributed by atoms with Crippen LogP contribution < -0.4 is 5.32 Å². The molecule has 0 aliphatic heterocycles. The highest BCUT2D eigenvalue weighted by Gasteiger charge is 2.29. The summed E-state index contributed by atoms with van der Waals surface area (Å²) in [5.41, 5.74) is 2.96. The monoisotopic (exact) mass is 333 g/mol. The number of nitrogens with one attached hydrogen (secondary N) is 2. The van der Waals surface area contributed by atoms with Gasteiger partial charge in [0.15, 0.2) is 0 Å². The van der Waals surface area contributed by atoms with E-state index in [4.69, 9.17) is 0 Å². The number of aromatic amines is 1. The maximum Gasteiger partial charge on any atom is 0.416 e. The molecular weight excluding hydrogens is 319 g/mol. The lowest BCUT2D eigenvalue weighted by atomic mass is 10.1. The first-order chi connectivity index (χ1) is 11.3. The molecule has 124 valence electrons. The number of aromatic nitrogens is 4. The second-order valence-electron chi connectivity index (χ2n) is 5.30. The van der Waals surface area contributed by atoms with Gasteiger partial charge in [0.25, 0.3) is 0 Å². The van der Waals surface area contributed by atoms with Crippen LogP contribution in [0.2, 0.25) is 0 Å². The number of anilines is 2. The van der Waals surface area contributed by atoms with E-state index < -0.39 is 11.7 Å². The fourth-order valence-corrected chi connectivity index (χ4v) is 2.37. The Bertz CT molecular complexity index is 833. The molecule has 3 rings (SSSR count). The van der Waals surface area contributed by atoms with Crippen LogP contribution in [-0.2, 0) is 6.18 Å². The van der Waals surface area contributed by atoms with E-state index in [1.807, 2.05) is 13.8 Å². The molecule has 0 saturated carbocycles. The maximum atomic E-state index is 12.6. The summed E-state index contributed by atoms with van der Waals surface area (Å²) < 4.78 is 37.7. The van der Waals surface area contributed by atoms with Crippen LogP contribution >= 0.6 is 0 Å². The van der Waals surface area contributed by atoms with E-state index in [9.17, 15) is 13.2 Å². The number of nitrogens with zero attached hydrogens (tertiary/aromatic N) is 3. The van der Waals surface area contributed by atoms with Gasteiger partial charge >= 0.3 is 6.18 Å². The Labute approximate surface area is 136 Å². The quantitative estimate of drug-likeness (QED) is 0.752. The molecule has 3 aromatic rings. The van der Waals surface area contributed by atoms with E-state index in [1.54, 1.807) is 6.20 Å². The molecule has 0 fully saturated rings. The van der Waals surface area contributed by atoms with Crippen LogP contribution in [0.3, 0.4) is 0 Å². The second-order valence-corrected chi connectivity index (χ2v) is 5.30. The number of alkyl halides is 3. The van der Waals surface area contributed by atoms with Crippen LogP contribution in [0.4, 0.5) is 24.7 Å². The molecule has 0 unspecified atom stereocenters. The summed E-state index contributed by atoms with van der Waals surface area (Å²) >= 11 is 0. The first-order valence-electron chi connectivity index (χ1n) is 7.13. The van der Waals surface area contributed by atoms with Crippen LogP contribution in [0.1, 0.15) is 17.0 Å². The molecule has 0 saturated heterocycles. The van der Waals surface area contributed by atoms with Gasteiger partial charge in [-0.05, 0) is 38.1 Å². The zero-order valence-corrected chi connectivity index (χ0v) is 12.9. The van der Waals surface area contributed by atoms with Crippen molar-refractivity contribution in [3.8, 4) is 11.3 Å². The van der Waals surface area contributed by atoms with Crippen molar-refractivity contribution in [2.75, 3.05) is 5.32 Å². The summed E-state index contributed by atoms with van der Waals surface area (Å²) in [6.07, 6.45) is -1.23. The smallest absolute Gasteiger partial charge is 0.339 e. The van der Waals surface area contributed by atoms with Gasteiger partial charge in [-0.15, -0.1) is 0 Å². The molecule has 0 aliphatic carbocycles. The number of rotatable bonds is 3. The van der Waals surface area contributed by atoms with Gasteiger partial charge in [0, 0.05) is 16.9 Å². The highest BCUT2D eigenvalue weighted by atomic mass is 19.4. The van der Waals surface area contributed by atoms with Crippen LogP contribution in [0.5, 0.6) is 0 Å². The van der Waals surface area contributed by atoms with Gasteiger partial charge < -0.3 is 5.32 Å². The van der Waals surface area contributed by atoms with Gasteiger partial charge in [-0.25, -0.2) is 4.98 Å². The second kappa shape index (κ2) is 5.95. The minimum absolute atomic E-state index is 0.437. The minimum atomic E-state index is -4.35. The molecule has 0 aliphatic rings. The van der Waals surface area contributed by atoms with Crippen molar-refractivity contribution in [3.63, 3.8) is 0 Å². The molecule has 2 N–H and O–H groups in total. The fraction of sp³-hybridized carbons (Fsp3) is 0.188. The zero-order valence-electron chi connectivity index (χ0n) is 12.9. The molecule has 24 heavy (non-hydrogen) atoms. The SMILES string of the molecule is Cc1n[nH]c(C)c1-c1cncc(Nc2ccc(C(F)(F)F)cc2)n1. The molecule has 8 heteroatoms. The summed E-state index contributed by atoms with van der Waals surface area (Å²) in [7, 11) is 0. The summed E-state index contributed by atoms with van der Waals surface area (Å²) in [6.45, 7) is 3.74. The van der Waals surface area contributed by atoms with Gasteiger partial charge in [-0.3, -0.25) is 10.1 Å². The number of benzene rings is 1. The number of aryl methyl sites for hydroxylation is 2. The first kappa shape index (κ1) is 16.0. The van der Waals surface area contributed by atoms with Gasteiger partial charge in [0.05, 0.1) is 29.3 Å². The lowest BCUT2D eigenvalue weighted by Crippen LogP contribution is -2.04. The standard InChI is InChI=1S/C16H14F3N5/c1-9-15(10(2)24-23-9)13-7-20-8-14(22-13)21-12-5-3-11(4-6-12)16(17,18)19/h3-8H,1-2H3,(H,21,22)(H,23,24). The number of halogens is 3. The highest BCUT2D eigenvalue weighted by Crippen LogP contribution is 2.30. The third-order valence-corrected chi connectivity index (χ3v) is 3.50. The van der Waals surface area contributed by atoms with E-state index in [2.05, 4.69) is 25.5 Å². The number of hydrogen-bond acceptors (Lipinski definition) is 4. The third kappa shape index (κ3) is 3.22. The van der Waals surface area contributed by atoms with E-state index >= 15 is 0 Å². The average molecular weight is 333 g/mol. The van der Waals surface area contributed by atoms with E-state index in [1.165, 1.54) is 18.3 Å². The third-order valence-electron chi connectivity index (χ3n) is 3.50. The molecule has 1 aromatic carbocycles. The van der Waals surface area contributed by atoms with Gasteiger partial charge in [0.2, 0.25) is 0 Å². The molecule has 0 spiro atoms. The predicted octanol–water partition coefficient (Wildman–Crippen LogP) is 4.25. The summed E-state index contributed by atoms with van der Waals surface area (Å²) in [6, 6.07) is 4.74. The van der Waals surface area contributed by atoms with E-state index in [0.717, 1.165) is 29.1 Å². The van der Waals surface area contributed by atoms with Gasteiger partial charge in [0.1, 0.15) is 5.82 Å². The highest BCUT2D eigenvalue weighted by molar-refractivity contribution is 5.66. The minimum Gasteiger partial charge on any atom is -0.339 e. The Balaban J connectivity index is 1.85. The molecule has 0 bridgehead atoms.